The maximum atomic E-state index is 14.2. The van der Waals surface area contributed by atoms with E-state index < -0.39 is 22.0 Å². The second-order valence-corrected chi connectivity index (χ2v) is 9.45. The highest BCUT2D eigenvalue weighted by molar-refractivity contribution is 7.95. The molecule has 4 aromatic rings. The van der Waals surface area contributed by atoms with Crippen LogP contribution in [0, 0.1) is 0 Å². The summed E-state index contributed by atoms with van der Waals surface area (Å²) in [6.45, 7) is 0. The standard InChI is InChI=1S/C27H23N3O5S/c28-27(33)21-17-15-20(16-18-21)19-26(32)30(23-11-5-2-6-12-23)36(34,35)29(22-9-3-1-4-10-22)24-13-7-8-14-25(24)31/h1-18,31H,19H2,(H2,28,33). The van der Waals surface area contributed by atoms with E-state index in [1.54, 1.807) is 72.8 Å². The highest BCUT2D eigenvalue weighted by atomic mass is 32.2. The molecule has 8 nitrogen and oxygen atoms in total. The number of rotatable bonds is 8. The normalized spacial score (nSPS) is 11.0. The summed E-state index contributed by atoms with van der Waals surface area (Å²) in [6, 6.07) is 28.2. The minimum Gasteiger partial charge on any atom is -0.506 e. The number of benzene rings is 4. The first kappa shape index (κ1) is 24.5. The third-order valence-corrected chi connectivity index (χ3v) is 7.11. The molecule has 0 heterocycles. The van der Waals surface area contributed by atoms with Crippen molar-refractivity contribution in [2.75, 3.05) is 8.61 Å². The van der Waals surface area contributed by atoms with E-state index in [0.717, 1.165) is 4.31 Å². The Morgan fingerprint density at radius 2 is 1.25 bits per heavy atom. The fraction of sp³-hybridized carbons (Fsp3) is 0.0370. The van der Waals surface area contributed by atoms with Crippen molar-refractivity contribution in [3.05, 3.63) is 120 Å². The van der Waals surface area contributed by atoms with E-state index in [4.69, 9.17) is 5.73 Å². The molecular weight excluding hydrogens is 478 g/mol. The molecule has 0 aliphatic carbocycles. The third-order valence-electron chi connectivity index (χ3n) is 5.36. The number of hydrogen-bond acceptors (Lipinski definition) is 5. The molecule has 4 aromatic carbocycles. The average molecular weight is 502 g/mol. The van der Waals surface area contributed by atoms with Crippen molar-refractivity contribution in [3.63, 3.8) is 0 Å². The molecule has 0 saturated carbocycles. The molecular formula is C27H23N3O5S. The molecule has 0 saturated heterocycles. The molecule has 4 rings (SSSR count). The quantitative estimate of drug-likeness (QED) is 0.376. The summed E-state index contributed by atoms with van der Waals surface area (Å²) in [5, 5.41) is 10.6. The van der Waals surface area contributed by atoms with Gasteiger partial charge in [0.05, 0.1) is 17.8 Å². The van der Waals surface area contributed by atoms with Gasteiger partial charge in [0.15, 0.2) is 0 Å². The van der Waals surface area contributed by atoms with Crippen molar-refractivity contribution in [2.45, 2.75) is 6.42 Å². The fourth-order valence-electron chi connectivity index (χ4n) is 3.68. The summed E-state index contributed by atoms with van der Waals surface area (Å²) < 4.78 is 30.1. The molecule has 182 valence electrons. The number of anilines is 3. The Morgan fingerprint density at radius 3 is 1.81 bits per heavy atom. The Kier molecular flexibility index (Phi) is 7.03. The van der Waals surface area contributed by atoms with Gasteiger partial charge < -0.3 is 10.8 Å². The first-order valence-corrected chi connectivity index (χ1v) is 12.3. The lowest BCUT2D eigenvalue weighted by atomic mass is 10.1. The molecule has 2 amide bonds. The number of amides is 2. The van der Waals surface area contributed by atoms with Crippen LogP contribution in [0.5, 0.6) is 5.75 Å². The number of hydrogen-bond donors (Lipinski definition) is 2. The van der Waals surface area contributed by atoms with Crippen LogP contribution in [0.3, 0.4) is 0 Å². The summed E-state index contributed by atoms with van der Waals surface area (Å²) in [5.74, 6) is -1.61. The molecule has 0 atom stereocenters. The van der Waals surface area contributed by atoms with E-state index in [9.17, 15) is 23.1 Å². The first-order chi connectivity index (χ1) is 17.3. The second-order valence-electron chi connectivity index (χ2n) is 7.83. The van der Waals surface area contributed by atoms with Crippen molar-refractivity contribution in [1.82, 2.24) is 0 Å². The number of phenols is 1. The van der Waals surface area contributed by atoms with Crippen LogP contribution in [0.1, 0.15) is 15.9 Å². The van der Waals surface area contributed by atoms with Crippen molar-refractivity contribution >= 4 is 39.1 Å². The highest BCUT2D eigenvalue weighted by Gasteiger charge is 2.37. The van der Waals surface area contributed by atoms with Gasteiger partial charge in [0.25, 0.3) is 0 Å². The van der Waals surface area contributed by atoms with Gasteiger partial charge in [-0.1, -0.05) is 60.7 Å². The molecule has 9 heteroatoms. The topological polar surface area (TPSA) is 121 Å². The third kappa shape index (κ3) is 5.06. The van der Waals surface area contributed by atoms with Crippen LogP contribution < -0.4 is 14.3 Å². The van der Waals surface area contributed by atoms with Crippen molar-refractivity contribution < 1.29 is 23.1 Å². The van der Waals surface area contributed by atoms with Crippen LogP contribution in [-0.4, -0.2) is 25.3 Å². The molecule has 0 aromatic heterocycles. The van der Waals surface area contributed by atoms with Crippen molar-refractivity contribution in [1.29, 1.82) is 0 Å². The van der Waals surface area contributed by atoms with E-state index in [2.05, 4.69) is 0 Å². The zero-order chi connectivity index (χ0) is 25.7. The molecule has 0 aliphatic heterocycles. The zero-order valence-corrected chi connectivity index (χ0v) is 19.9. The smallest absolute Gasteiger partial charge is 0.337 e. The van der Waals surface area contributed by atoms with Gasteiger partial charge in [-0.05, 0) is 54.1 Å². The molecule has 3 N–H and O–H groups in total. The van der Waals surface area contributed by atoms with Gasteiger partial charge in [-0.25, -0.2) is 4.31 Å². The minimum atomic E-state index is -4.60. The summed E-state index contributed by atoms with van der Waals surface area (Å²) >= 11 is 0. The lowest BCUT2D eigenvalue weighted by Gasteiger charge is -2.31. The Morgan fingerprint density at radius 1 is 0.722 bits per heavy atom. The Balaban J connectivity index is 1.83. The van der Waals surface area contributed by atoms with Crippen LogP contribution in [0.2, 0.25) is 0 Å². The molecule has 0 aliphatic rings. The van der Waals surface area contributed by atoms with Crippen LogP contribution in [0.25, 0.3) is 0 Å². The molecule has 0 radical (unpaired) electrons. The molecule has 0 unspecified atom stereocenters. The van der Waals surface area contributed by atoms with Gasteiger partial charge in [0.1, 0.15) is 11.4 Å². The van der Waals surface area contributed by atoms with Crippen LogP contribution in [0.15, 0.2) is 109 Å². The molecule has 0 spiro atoms. The van der Waals surface area contributed by atoms with Gasteiger partial charge in [0, 0.05) is 5.56 Å². The Bertz CT molecular complexity index is 1480. The zero-order valence-electron chi connectivity index (χ0n) is 19.1. The van der Waals surface area contributed by atoms with E-state index in [0.29, 0.717) is 9.87 Å². The van der Waals surface area contributed by atoms with E-state index >= 15 is 0 Å². The first-order valence-electron chi connectivity index (χ1n) is 10.9. The second kappa shape index (κ2) is 10.3. The Hall–Kier alpha value is -4.63. The number of aromatic hydroxyl groups is 1. The summed E-state index contributed by atoms with van der Waals surface area (Å²) in [5.41, 5.74) is 6.41. The maximum absolute atomic E-state index is 14.2. The van der Waals surface area contributed by atoms with E-state index in [1.165, 1.54) is 36.4 Å². The number of nitrogens with zero attached hydrogens (tertiary/aromatic N) is 2. The SMILES string of the molecule is NC(=O)c1ccc(CC(=O)N(c2ccccc2)S(=O)(=O)N(c2ccccc2)c2ccccc2O)cc1. The summed E-state index contributed by atoms with van der Waals surface area (Å²) in [4.78, 5) is 25.0. The van der Waals surface area contributed by atoms with Gasteiger partial charge in [-0.3, -0.25) is 9.59 Å². The monoisotopic (exact) mass is 501 g/mol. The number of carbonyl (C=O) groups is 2. The molecule has 0 bridgehead atoms. The largest absolute Gasteiger partial charge is 0.506 e. The number of carbonyl (C=O) groups excluding carboxylic acids is 2. The van der Waals surface area contributed by atoms with Crippen LogP contribution >= 0.6 is 0 Å². The van der Waals surface area contributed by atoms with E-state index in [1.807, 2.05) is 0 Å². The molecule has 0 fully saturated rings. The van der Waals surface area contributed by atoms with Gasteiger partial charge in [-0.15, -0.1) is 0 Å². The lowest BCUT2D eigenvalue weighted by molar-refractivity contribution is -0.116. The number of primary amides is 1. The number of phenolic OH excluding ortho intramolecular Hbond substituents is 1. The van der Waals surface area contributed by atoms with Crippen molar-refractivity contribution in [3.8, 4) is 5.75 Å². The van der Waals surface area contributed by atoms with Gasteiger partial charge in [0.2, 0.25) is 11.8 Å². The maximum Gasteiger partial charge on any atom is 0.337 e. The van der Waals surface area contributed by atoms with Crippen LogP contribution in [0.4, 0.5) is 17.1 Å². The molecule has 36 heavy (non-hydrogen) atoms. The number of nitrogens with two attached hydrogens (primary N) is 1. The van der Waals surface area contributed by atoms with Gasteiger partial charge >= 0.3 is 10.2 Å². The van der Waals surface area contributed by atoms with E-state index in [-0.39, 0.29) is 34.8 Å². The minimum absolute atomic E-state index is 0.0109. The number of para-hydroxylation sites is 4. The average Bonchev–Trinajstić information content (AvgIpc) is 2.87. The predicted molar refractivity (Wildman–Crippen MR) is 138 cm³/mol. The Labute approximate surface area is 209 Å². The highest BCUT2D eigenvalue weighted by Crippen LogP contribution is 2.37. The fourth-order valence-corrected chi connectivity index (χ4v) is 5.34. The lowest BCUT2D eigenvalue weighted by Crippen LogP contribution is -2.46. The predicted octanol–water partition coefficient (Wildman–Crippen LogP) is 4.15. The van der Waals surface area contributed by atoms with Crippen molar-refractivity contribution in [2.24, 2.45) is 5.73 Å². The van der Waals surface area contributed by atoms with Gasteiger partial charge in [-0.2, -0.15) is 12.7 Å². The summed E-state index contributed by atoms with van der Waals surface area (Å²) in [6.07, 6.45) is -0.267. The van der Waals surface area contributed by atoms with Crippen LogP contribution in [-0.2, 0) is 21.4 Å². The summed E-state index contributed by atoms with van der Waals surface area (Å²) in [7, 11) is -4.60.